The summed E-state index contributed by atoms with van der Waals surface area (Å²) in [5.41, 5.74) is 1.04. The van der Waals surface area contributed by atoms with Crippen LogP contribution in [-0.2, 0) is 4.84 Å². The quantitative estimate of drug-likeness (QED) is 0.581. The van der Waals surface area contributed by atoms with Crippen LogP contribution in [0.25, 0.3) is 0 Å². The summed E-state index contributed by atoms with van der Waals surface area (Å²) in [4.78, 5) is 6.15. The number of para-hydroxylation sites is 1. The SMILES string of the molecule is CC(C)(C)N1OC(C2CC2)=C(CBr)C1c1ccccc1OC(F)(F)F. The molecule has 0 radical (unpaired) electrons. The molecule has 0 amide bonds. The maximum atomic E-state index is 12.8. The summed E-state index contributed by atoms with van der Waals surface area (Å²) in [5, 5.41) is 2.33. The first-order valence-electron chi connectivity index (χ1n) is 8.22. The maximum absolute atomic E-state index is 12.8. The Morgan fingerprint density at radius 1 is 1.20 bits per heavy atom. The molecule has 1 aliphatic heterocycles. The van der Waals surface area contributed by atoms with Crippen molar-refractivity contribution in [3.05, 3.63) is 41.2 Å². The number of hydrogen-bond acceptors (Lipinski definition) is 3. The minimum absolute atomic E-state index is 0.187. The molecule has 0 bridgehead atoms. The minimum atomic E-state index is -4.74. The molecule has 0 N–H and O–H groups in total. The minimum Gasteiger partial charge on any atom is -0.409 e. The normalized spacial score (nSPS) is 22.3. The number of hydroxylamine groups is 2. The molecule has 1 aromatic rings. The molecular weight excluding hydrogens is 399 g/mol. The summed E-state index contributed by atoms with van der Waals surface area (Å²) in [6.45, 7) is 5.94. The van der Waals surface area contributed by atoms with E-state index < -0.39 is 12.4 Å². The summed E-state index contributed by atoms with van der Waals surface area (Å²) < 4.78 is 42.8. The number of ether oxygens (including phenoxy) is 1. The second-order valence-corrected chi connectivity index (χ2v) is 7.93. The number of hydrogen-bond donors (Lipinski definition) is 0. The summed E-state index contributed by atoms with van der Waals surface area (Å²) in [7, 11) is 0. The van der Waals surface area contributed by atoms with Crippen molar-refractivity contribution in [1.82, 2.24) is 5.06 Å². The van der Waals surface area contributed by atoms with Gasteiger partial charge in [0.2, 0.25) is 0 Å². The Kier molecular flexibility index (Phi) is 4.83. The molecular formula is C18H21BrF3NO2. The van der Waals surface area contributed by atoms with E-state index in [1.807, 2.05) is 20.8 Å². The van der Waals surface area contributed by atoms with Crippen LogP contribution >= 0.6 is 15.9 Å². The Morgan fingerprint density at radius 3 is 2.36 bits per heavy atom. The monoisotopic (exact) mass is 419 g/mol. The van der Waals surface area contributed by atoms with Gasteiger partial charge in [0, 0.05) is 27.9 Å². The smallest absolute Gasteiger partial charge is 0.409 e. The predicted molar refractivity (Wildman–Crippen MR) is 92.1 cm³/mol. The van der Waals surface area contributed by atoms with Gasteiger partial charge >= 0.3 is 6.36 Å². The van der Waals surface area contributed by atoms with E-state index in [1.165, 1.54) is 6.07 Å². The molecule has 1 aromatic carbocycles. The zero-order valence-electron chi connectivity index (χ0n) is 14.4. The summed E-state index contributed by atoms with van der Waals surface area (Å²) in [6.07, 6.45) is -2.63. The standard InChI is InChI=1S/C18H21BrF3NO2/c1-17(2,3)23-15(13(10-19)16(25-23)11-8-9-11)12-6-4-5-7-14(12)24-18(20,21)22/h4-7,11,15H,8-10H2,1-3H3. The maximum Gasteiger partial charge on any atom is 0.573 e. The third kappa shape index (κ3) is 3.97. The number of benzene rings is 1. The molecule has 3 rings (SSSR count). The molecule has 0 aromatic heterocycles. The van der Waals surface area contributed by atoms with E-state index >= 15 is 0 Å². The Bertz CT molecular complexity index is 678. The molecule has 1 aliphatic carbocycles. The fourth-order valence-corrected chi connectivity index (χ4v) is 3.66. The van der Waals surface area contributed by atoms with Crippen molar-refractivity contribution in [2.75, 3.05) is 5.33 Å². The lowest BCUT2D eigenvalue weighted by Gasteiger charge is -2.36. The lowest BCUT2D eigenvalue weighted by Crippen LogP contribution is -2.41. The van der Waals surface area contributed by atoms with Crippen LogP contribution in [0, 0.1) is 5.92 Å². The third-order valence-corrected chi connectivity index (χ3v) is 4.87. The van der Waals surface area contributed by atoms with Crippen LogP contribution in [0.15, 0.2) is 35.6 Å². The van der Waals surface area contributed by atoms with Crippen LogP contribution in [0.2, 0.25) is 0 Å². The number of halogens is 4. The molecule has 138 valence electrons. The highest BCUT2D eigenvalue weighted by molar-refractivity contribution is 9.09. The van der Waals surface area contributed by atoms with Gasteiger partial charge in [-0.15, -0.1) is 18.2 Å². The Hall–Kier alpha value is -1.21. The lowest BCUT2D eigenvalue weighted by atomic mass is 9.94. The molecule has 1 saturated carbocycles. The molecule has 1 fully saturated rings. The molecule has 7 heteroatoms. The third-order valence-electron chi connectivity index (χ3n) is 4.27. The Morgan fingerprint density at radius 2 is 1.84 bits per heavy atom. The van der Waals surface area contributed by atoms with Gasteiger partial charge in [-0.25, -0.2) is 0 Å². The fourth-order valence-electron chi connectivity index (χ4n) is 3.08. The highest BCUT2D eigenvalue weighted by atomic mass is 79.9. The van der Waals surface area contributed by atoms with E-state index in [9.17, 15) is 13.2 Å². The fraction of sp³-hybridized carbons (Fsp3) is 0.556. The Balaban J connectivity index is 2.08. The largest absolute Gasteiger partial charge is 0.573 e. The van der Waals surface area contributed by atoms with E-state index in [0.717, 1.165) is 24.2 Å². The van der Waals surface area contributed by atoms with E-state index in [4.69, 9.17) is 4.84 Å². The van der Waals surface area contributed by atoms with Crippen molar-refractivity contribution in [3.63, 3.8) is 0 Å². The summed E-state index contributed by atoms with van der Waals surface area (Å²) >= 11 is 3.50. The first kappa shape index (κ1) is 18.6. The van der Waals surface area contributed by atoms with Crippen molar-refractivity contribution in [2.24, 2.45) is 5.92 Å². The zero-order chi connectivity index (χ0) is 18.4. The van der Waals surface area contributed by atoms with Gasteiger partial charge in [0.15, 0.2) is 0 Å². The number of allylic oxidation sites excluding steroid dienone is 1. The van der Waals surface area contributed by atoms with Crippen LogP contribution in [-0.4, -0.2) is 22.3 Å². The van der Waals surface area contributed by atoms with E-state index in [-0.39, 0.29) is 11.3 Å². The van der Waals surface area contributed by atoms with Crippen molar-refractivity contribution in [3.8, 4) is 5.75 Å². The van der Waals surface area contributed by atoms with Gasteiger partial charge in [0.25, 0.3) is 0 Å². The van der Waals surface area contributed by atoms with Crippen LogP contribution in [0.1, 0.15) is 45.2 Å². The average Bonchev–Trinajstić information content (AvgIpc) is 3.25. The molecule has 0 saturated heterocycles. The number of rotatable bonds is 4. The van der Waals surface area contributed by atoms with Gasteiger partial charge in [-0.2, -0.15) is 0 Å². The van der Waals surface area contributed by atoms with Gasteiger partial charge in [0.05, 0.1) is 0 Å². The number of nitrogens with zero attached hydrogens (tertiary/aromatic N) is 1. The molecule has 2 aliphatic rings. The lowest BCUT2D eigenvalue weighted by molar-refractivity contribution is -0.275. The van der Waals surface area contributed by atoms with Crippen LogP contribution in [0.3, 0.4) is 0 Å². The molecule has 0 spiro atoms. The van der Waals surface area contributed by atoms with Gasteiger partial charge in [-0.1, -0.05) is 34.1 Å². The molecule has 1 atom stereocenters. The molecule has 1 unspecified atom stereocenters. The highest BCUT2D eigenvalue weighted by Gasteiger charge is 2.47. The zero-order valence-corrected chi connectivity index (χ0v) is 15.9. The van der Waals surface area contributed by atoms with Gasteiger partial charge < -0.3 is 9.57 Å². The van der Waals surface area contributed by atoms with Gasteiger partial charge in [-0.05, 0) is 39.7 Å². The van der Waals surface area contributed by atoms with E-state index in [2.05, 4.69) is 20.7 Å². The molecule has 1 heterocycles. The second-order valence-electron chi connectivity index (χ2n) is 7.37. The molecule has 25 heavy (non-hydrogen) atoms. The summed E-state index contributed by atoms with van der Waals surface area (Å²) in [5.74, 6) is 1.06. The van der Waals surface area contributed by atoms with Crippen molar-refractivity contribution >= 4 is 15.9 Å². The second kappa shape index (κ2) is 6.50. The topological polar surface area (TPSA) is 21.7 Å². The number of alkyl halides is 4. The van der Waals surface area contributed by atoms with Crippen LogP contribution in [0.5, 0.6) is 5.75 Å². The van der Waals surface area contributed by atoms with E-state index in [1.54, 1.807) is 23.3 Å². The average molecular weight is 420 g/mol. The van der Waals surface area contributed by atoms with Crippen molar-refractivity contribution < 1.29 is 22.7 Å². The molecule has 3 nitrogen and oxygen atoms in total. The van der Waals surface area contributed by atoms with Crippen LogP contribution in [0.4, 0.5) is 13.2 Å². The Labute approximate surface area is 153 Å². The first-order valence-corrected chi connectivity index (χ1v) is 9.35. The first-order chi connectivity index (χ1) is 11.6. The van der Waals surface area contributed by atoms with E-state index in [0.29, 0.717) is 16.8 Å². The highest BCUT2D eigenvalue weighted by Crippen LogP contribution is 2.52. The summed E-state index contributed by atoms with van der Waals surface area (Å²) in [6, 6.07) is 5.87. The van der Waals surface area contributed by atoms with Crippen molar-refractivity contribution in [1.29, 1.82) is 0 Å². The van der Waals surface area contributed by atoms with Crippen LogP contribution < -0.4 is 4.74 Å². The van der Waals surface area contributed by atoms with Crippen molar-refractivity contribution in [2.45, 2.75) is 51.6 Å². The predicted octanol–water partition coefficient (Wildman–Crippen LogP) is 5.73. The van der Waals surface area contributed by atoms with Gasteiger partial charge in [-0.3, -0.25) is 0 Å². The van der Waals surface area contributed by atoms with Gasteiger partial charge in [0.1, 0.15) is 17.6 Å².